The Bertz CT molecular complexity index is 471. The van der Waals surface area contributed by atoms with Gasteiger partial charge in [0.15, 0.2) is 0 Å². The molecule has 3 rings (SSSR count). The third-order valence-electron chi connectivity index (χ3n) is 4.96. The van der Waals surface area contributed by atoms with Crippen molar-refractivity contribution < 1.29 is 0 Å². The van der Waals surface area contributed by atoms with E-state index in [4.69, 9.17) is 5.73 Å². The molecule has 0 radical (unpaired) electrons. The van der Waals surface area contributed by atoms with Gasteiger partial charge in [-0.15, -0.1) is 0 Å². The van der Waals surface area contributed by atoms with Gasteiger partial charge in [0.25, 0.3) is 0 Å². The summed E-state index contributed by atoms with van der Waals surface area (Å²) in [6, 6.07) is 7.09. The van der Waals surface area contributed by atoms with E-state index in [1.807, 2.05) is 13.0 Å². The van der Waals surface area contributed by atoms with Crippen molar-refractivity contribution in [1.82, 2.24) is 14.8 Å². The maximum Gasteiger partial charge on any atom is 0.0547 e. The number of aromatic nitrogens is 1. The Kier molecular flexibility index (Phi) is 3.80. The second-order valence-electron chi connectivity index (χ2n) is 6.51. The molecule has 4 heteroatoms. The molecule has 20 heavy (non-hydrogen) atoms. The molecule has 2 heterocycles. The van der Waals surface area contributed by atoms with Crippen LogP contribution >= 0.6 is 0 Å². The van der Waals surface area contributed by atoms with E-state index in [0.717, 1.165) is 37.1 Å². The van der Waals surface area contributed by atoms with Gasteiger partial charge >= 0.3 is 0 Å². The minimum atomic E-state index is 0.133. The summed E-state index contributed by atoms with van der Waals surface area (Å²) in [6.07, 6.45) is 3.94. The number of nitrogens with two attached hydrogens (primary N) is 1. The summed E-state index contributed by atoms with van der Waals surface area (Å²) in [7, 11) is 2.20. The highest BCUT2D eigenvalue weighted by Crippen LogP contribution is 2.35. The lowest BCUT2D eigenvalue weighted by molar-refractivity contribution is 0.119. The fourth-order valence-electron chi connectivity index (χ4n) is 3.37. The molecule has 2 aliphatic rings. The Hall–Kier alpha value is -0.970. The monoisotopic (exact) mass is 274 g/mol. The smallest absolute Gasteiger partial charge is 0.0547 e. The average Bonchev–Trinajstić information content (AvgIpc) is 3.18. The fraction of sp³-hybridized carbons (Fsp3) is 0.688. The topological polar surface area (TPSA) is 45.4 Å². The zero-order chi connectivity index (χ0) is 14.2. The van der Waals surface area contributed by atoms with E-state index in [0.29, 0.717) is 0 Å². The molecule has 1 aromatic rings. The highest BCUT2D eigenvalue weighted by atomic mass is 15.3. The van der Waals surface area contributed by atoms with E-state index in [1.165, 1.54) is 25.8 Å². The second-order valence-corrected chi connectivity index (χ2v) is 6.51. The highest BCUT2D eigenvalue weighted by Gasteiger charge is 2.44. The predicted molar refractivity (Wildman–Crippen MR) is 81.4 cm³/mol. The molecule has 1 atom stereocenters. The van der Waals surface area contributed by atoms with Gasteiger partial charge in [-0.05, 0) is 45.4 Å². The summed E-state index contributed by atoms with van der Waals surface area (Å²) in [6.45, 7) is 5.99. The Morgan fingerprint density at radius 2 is 2.25 bits per heavy atom. The van der Waals surface area contributed by atoms with Crippen molar-refractivity contribution in [3.63, 3.8) is 0 Å². The lowest BCUT2D eigenvalue weighted by Gasteiger charge is -2.38. The van der Waals surface area contributed by atoms with Gasteiger partial charge in [0, 0.05) is 43.5 Å². The molecular formula is C16H26N4. The minimum Gasteiger partial charge on any atom is -0.329 e. The molecule has 1 aliphatic carbocycles. The van der Waals surface area contributed by atoms with Crippen LogP contribution in [0.3, 0.4) is 0 Å². The average molecular weight is 274 g/mol. The third kappa shape index (κ3) is 2.73. The summed E-state index contributed by atoms with van der Waals surface area (Å²) < 4.78 is 0. The van der Waals surface area contributed by atoms with Crippen LogP contribution in [0.25, 0.3) is 0 Å². The van der Waals surface area contributed by atoms with Gasteiger partial charge in [0.2, 0.25) is 0 Å². The standard InChI is InChI=1S/C16H26N4/c1-13-4-3-5-14(18-13)10-19(2)16(11-17)8-9-20(12-16)15-6-7-15/h3-5,15H,6-12,17H2,1-2H3. The molecule has 1 unspecified atom stereocenters. The van der Waals surface area contributed by atoms with Crippen LogP contribution in [0.1, 0.15) is 30.7 Å². The molecule has 110 valence electrons. The Balaban J connectivity index is 1.69. The lowest BCUT2D eigenvalue weighted by atomic mass is 9.96. The van der Waals surface area contributed by atoms with Crippen molar-refractivity contribution in [2.45, 2.75) is 44.3 Å². The molecule has 0 spiro atoms. The van der Waals surface area contributed by atoms with Gasteiger partial charge in [-0.2, -0.15) is 0 Å². The number of nitrogens with zero attached hydrogens (tertiary/aromatic N) is 3. The molecule has 1 aromatic heterocycles. The summed E-state index contributed by atoms with van der Waals surface area (Å²) >= 11 is 0. The molecule has 0 bridgehead atoms. The molecule has 2 fully saturated rings. The number of aryl methyl sites for hydroxylation is 1. The van der Waals surface area contributed by atoms with Gasteiger partial charge in [0.1, 0.15) is 0 Å². The first kappa shape index (κ1) is 14.0. The van der Waals surface area contributed by atoms with Crippen molar-refractivity contribution in [2.75, 3.05) is 26.7 Å². The van der Waals surface area contributed by atoms with Gasteiger partial charge in [0.05, 0.1) is 5.69 Å². The van der Waals surface area contributed by atoms with E-state index in [2.05, 4.69) is 34.0 Å². The summed E-state index contributed by atoms with van der Waals surface area (Å²) in [4.78, 5) is 9.68. The highest BCUT2D eigenvalue weighted by molar-refractivity contribution is 5.11. The molecule has 0 amide bonds. The van der Waals surface area contributed by atoms with Gasteiger partial charge in [-0.25, -0.2) is 0 Å². The SMILES string of the molecule is Cc1cccc(CN(C)C2(CN)CCN(C3CC3)C2)n1. The van der Waals surface area contributed by atoms with E-state index in [9.17, 15) is 0 Å². The first-order valence-electron chi connectivity index (χ1n) is 7.71. The van der Waals surface area contributed by atoms with E-state index in [-0.39, 0.29) is 5.54 Å². The maximum atomic E-state index is 6.15. The van der Waals surface area contributed by atoms with Crippen LogP contribution in [0.15, 0.2) is 18.2 Å². The van der Waals surface area contributed by atoms with E-state index < -0.39 is 0 Å². The molecule has 0 aromatic carbocycles. The van der Waals surface area contributed by atoms with E-state index in [1.54, 1.807) is 0 Å². The first-order chi connectivity index (χ1) is 9.63. The molecule has 4 nitrogen and oxygen atoms in total. The van der Waals surface area contributed by atoms with Gasteiger partial charge in [-0.1, -0.05) is 6.07 Å². The number of hydrogen-bond acceptors (Lipinski definition) is 4. The lowest BCUT2D eigenvalue weighted by Crippen LogP contribution is -2.53. The molecule has 1 saturated carbocycles. The number of likely N-dealkylation sites (tertiary alicyclic amines) is 1. The Morgan fingerprint density at radius 3 is 2.90 bits per heavy atom. The number of likely N-dealkylation sites (N-methyl/N-ethyl adjacent to an activating group) is 1. The van der Waals surface area contributed by atoms with Crippen LogP contribution in [0.4, 0.5) is 0 Å². The molecule has 2 N–H and O–H groups in total. The van der Waals surface area contributed by atoms with Crippen molar-refractivity contribution in [1.29, 1.82) is 0 Å². The maximum absolute atomic E-state index is 6.15. The van der Waals surface area contributed by atoms with Crippen LogP contribution in [0.5, 0.6) is 0 Å². The first-order valence-corrected chi connectivity index (χ1v) is 7.71. The largest absolute Gasteiger partial charge is 0.329 e. The van der Waals surface area contributed by atoms with E-state index >= 15 is 0 Å². The molecule has 1 saturated heterocycles. The van der Waals surface area contributed by atoms with Crippen molar-refractivity contribution in [3.05, 3.63) is 29.6 Å². The second kappa shape index (κ2) is 5.43. The van der Waals surface area contributed by atoms with Crippen LogP contribution in [0, 0.1) is 6.92 Å². The predicted octanol–water partition coefficient (Wildman–Crippen LogP) is 1.39. The Morgan fingerprint density at radius 1 is 1.45 bits per heavy atom. The minimum absolute atomic E-state index is 0.133. The van der Waals surface area contributed by atoms with Crippen molar-refractivity contribution in [2.24, 2.45) is 5.73 Å². The molecule has 1 aliphatic heterocycles. The van der Waals surface area contributed by atoms with Gasteiger partial charge < -0.3 is 5.73 Å². The van der Waals surface area contributed by atoms with Crippen LogP contribution in [0.2, 0.25) is 0 Å². The zero-order valence-electron chi connectivity index (χ0n) is 12.7. The third-order valence-corrected chi connectivity index (χ3v) is 4.96. The zero-order valence-corrected chi connectivity index (χ0v) is 12.7. The summed E-state index contributed by atoms with van der Waals surface area (Å²) in [5.74, 6) is 0. The van der Waals surface area contributed by atoms with Crippen molar-refractivity contribution in [3.8, 4) is 0 Å². The Labute approximate surface area is 122 Å². The summed E-state index contributed by atoms with van der Waals surface area (Å²) in [5, 5.41) is 0. The van der Waals surface area contributed by atoms with Crippen LogP contribution < -0.4 is 5.73 Å². The van der Waals surface area contributed by atoms with Gasteiger partial charge in [-0.3, -0.25) is 14.8 Å². The fourth-order valence-corrected chi connectivity index (χ4v) is 3.37. The van der Waals surface area contributed by atoms with Crippen molar-refractivity contribution >= 4 is 0 Å². The number of hydrogen-bond donors (Lipinski definition) is 1. The quantitative estimate of drug-likeness (QED) is 0.881. The number of pyridine rings is 1. The van der Waals surface area contributed by atoms with Crippen LogP contribution in [-0.2, 0) is 6.54 Å². The summed E-state index contributed by atoms with van der Waals surface area (Å²) in [5.41, 5.74) is 8.51. The normalized spacial score (nSPS) is 27.4. The molecular weight excluding hydrogens is 248 g/mol. The number of rotatable bonds is 5. The van der Waals surface area contributed by atoms with Crippen LogP contribution in [-0.4, -0.2) is 53.0 Å².